The van der Waals surface area contributed by atoms with E-state index in [1.165, 1.54) is 10.4 Å². The summed E-state index contributed by atoms with van der Waals surface area (Å²) in [6.45, 7) is 2.02. The van der Waals surface area contributed by atoms with Crippen LogP contribution in [0.3, 0.4) is 0 Å². The minimum atomic E-state index is 0.181. The first kappa shape index (κ1) is 12.4. The Bertz CT molecular complexity index is 471. The molecule has 16 heavy (non-hydrogen) atoms. The molecule has 84 valence electrons. The maximum absolute atomic E-state index is 6.06. The van der Waals surface area contributed by atoms with Gasteiger partial charge in [-0.3, -0.25) is 0 Å². The van der Waals surface area contributed by atoms with Gasteiger partial charge in [0, 0.05) is 9.90 Å². The molecule has 0 fully saturated rings. The van der Waals surface area contributed by atoms with Gasteiger partial charge in [-0.15, -0.1) is 11.3 Å². The third-order valence-corrected chi connectivity index (χ3v) is 5.49. The summed E-state index contributed by atoms with van der Waals surface area (Å²) in [7, 11) is 0. The third kappa shape index (κ3) is 2.62. The van der Waals surface area contributed by atoms with Gasteiger partial charge in [0.2, 0.25) is 0 Å². The van der Waals surface area contributed by atoms with Crippen molar-refractivity contribution < 1.29 is 0 Å². The molecule has 1 heterocycles. The average molecular weight is 336 g/mol. The Morgan fingerprint density at radius 2 is 1.81 bits per heavy atom. The molecule has 0 radical (unpaired) electrons. The molecule has 2 aromatic rings. The Hall–Kier alpha value is -0.0200. The Morgan fingerprint density at radius 3 is 2.31 bits per heavy atom. The predicted octanol–water partition coefficient (Wildman–Crippen LogP) is 5.85. The summed E-state index contributed by atoms with van der Waals surface area (Å²) in [5.74, 6) is 0. The lowest BCUT2D eigenvalue weighted by Gasteiger charge is -2.07. The fraction of sp³-hybridized carbons (Fsp3) is 0.167. The number of alkyl halides is 1. The summed E-state index contributed by atoms with van der Waals surface area (Å²) in [5, 5.41) is 0.754. The first-order valence-corrected chi connectivity index (χ1v) is 7.22. The molecule has 0 spiro atoms. The number of rotatable bonds is 2. The molecule has 0 bridgehead atoms. The molecule has 2 rings (SSSR count). The van der Waals surface area contributed by atoms with E-state index in [0.29, 0.717) is 0 Å². The number of hydrogen-bond acceptors (Lipinski definition) is 1. The number of halogens is 3. The number of benzene rings is 1. The quantitative estimate of drug-likeness (QED) is 0.604. The van der Waals surface area contributed by atoms with Crippen LogP contribution in [0.25, 0.3) is 0 Å². The molecular weight excluding hydrogens is 327 g/mol. The second-order valence-electron chi connectivity index (χ2n) is 3.52. The molecule has 0 aliphatic rings. The van der Waals surface area contributed by atoms with E-state index in [9.17, 15) is 0 Å². The van der Waals surface area contributed by atoms with Gasteiger partial charge in [-0.05, 0) is 36.2 Å². The fourth-order valence-corrected chi connectivity index (χ4v) is 3.47. The Balaban J connectivity index is 2.31. The summed E-state index contributed by atoms with van der Waals surface area (Å²) in [5.41, 5.74) is 2.31. The zero-order chi connectivity index (χ0) is 11.7. The van der Waals surface area contributed by atoms with Crippen molar-refractivity contribution >= 4 is 50.5 Å². The second-order valence-corrected chi connectivity index (χ2v) is 6.56. The highest BCUT2D eigenvalue weighted by molar-refractivity contribution is 9.09. The van der Waals surface area contributed by atoms with Gasteiger partial charge < -0.3 is 0 Å². The van der Waals surface area contributed by atoms with Crippen LogP contribution in [0.1, 0.15) is 20.8 Å². The van der Waals surface area contributed by atoms with Crippen molar-refractivity contribution in [1.82, 2.24) is 0 Å². The van der Waals surface area contributed by atoms with E-state index in [1.807, 2.05) is 31.2 Å². The fourth-order valence-electron chi connectivity index (χ4n) is 1.40. The van der Waals surface area contributed by atoms with Crippen LogP contribution in [0, 0.1) is 6.92 Å². The molecule has 0 aliphatic heterocycles. The topological polar surface area (TPSA) is 0 Å². The van der Waals surface area contributed by atoms with Crippen LogP contribution in [0.5, 0.6) is 0 Å². The number of aryl methyl sites for hydroxylation is 1. The van der Waals surface area contributed by atoms with Crippen molar-refractivity contribution in [3.63, 3.8) is 0 Å². The van der Waals surface area contributed by atoms with Crippen LogP contribution in [0.2, 0.25) is 9.36 Å². The van der Waals surface area contributed by atoms with Gasteiger partial charge in [-0.25, -0.2) is 0 Å². The van der Waals surface area contributed by atoms with Gasteiger partial charge >= 0.3 is 0 Å². The van der Waals surface area contributed by atoms with Crippen LogP contribution in [-0.2, 0) is 0 Å². The average Bonchev–Trinajstić information content (AvgIpc) is 2.59. The summed E-state index contributed by atoms with van der Waals surface area (Å²) < 4.78 is 0.855. The van der Waals surface area contributed by atoms with Gasteiger partial charge in [-0.2, -0.15) is 0 Å². The van der Waals surface area contributed by atoms with Crippen LogP contribution in [0.15, 0.2) is 30.3 Å². The highest BCUT2D eigenvalue weighted by Gasteiger charge is 2.14. The standard InChI is InChI=1S/C12H9BrCl2S/c1-7-6-10(16-12(7)15)11(13)8-2-4-9(14)5-3-8/h2-6,11H,1H3. The van der Waals surface area contributed by atoms with E-state index in [1.54, 1.807) is 11.3 Å². The lowest BCUT2D eigenvalue weighted by molar-refractivity contribution is 1.22. The van der Waals surface area contributed by atoms with Crippen LogP contribution < -0.4 is 0 Å². The minimum Gasteiger partial charge on any atom is -0.127 e. The molecule has 1 atom stereocenters. The molecule has 1 aromatic heterocycles. The lowest BCUT2D eigenvalue weighted by Crippen LogP contribution is -1.88. The second kappa shape index (κ2) is 5.09. The van der Waals surface area contributed by atoms with Crippen molar-refractivity contribution in [2.75, 3.05) is 0 Å². The molecule has 0 saturated carbocycles. The van der Waals surface area contributed by atoms with Gasteiger partial charge in [0.05, 0.1) is 9.16 Å². The molecule has 1 unspecified atom stereocenters. The van der Waals surface area contributed by atoms with Crippen molar-refractivity contribution in [3.05, 3.63) is 55.7 Å². The molecule has 0 nitrogen and oxygen atoms in total. The van der Waals surface area contributed by atoms with Gasteiger partial charge in [0.25, 0.3) is 0 Å². The molecular formula is C12H9BrCl2S. The van der Waals surface area contributed by atoms with Crippen molar-refractivity contribution in [2.45, 2.75) is 11.8 Å². The van der Waals surface area contributed by atoms with Crippen LogP contribution >= 0.6 is 50.5 Å². The Labute approximate surface area is 117 Å². The zero-order valence-electron chi connectivity index (χ0n) is 8.51. The molecule has 0 saturated heterocycles. The van der Waals surface area contributed by atoms with E-state index in [-0.39, 0.29) is 4.83 Å². The van der Waals surface area contributed by atoms with Gasteiger partial charge in [0.1, 0.15) is 0 Å². The summed E-state index contributed by atoms with van der Waals surface area (Å²) in [4.78, 5) is 1.39. The van der Waals surface area contributed by atoms with E-state index in [0.717, 1.165) is 14.9 Å². The third-order valence-electron chi connectivity index (χ3n) is 2.29. The highest BCUT2D eigenvalue weighted by Crippen LogP contribution is 2.39. The summed E-state index contributed by atoms with van der Waals surface area (Å²) in [6.07, 6.45) is 0. The van der Waals surface area contributed by atoms with E-state index in [4.69, 9.17) is 23.2 Å². The molecule has 0 N–H and O–H groups in total. The maximum atomic E-state index is 6.06. The van der Waals surface area contributed by atoms with Crippen molar-refractivity contribution in [2.24, 2.45) is 0 Å². The monoisotopic (exact) mass is 334 g/mol. The zero-order valence-corrected chi connectivity index (χ0v) is 12.4. The first-order valence-electron chi connectivity index (χ1n) is 4.73. The molecule has 1 aromatic carbocycles. The smallest absolute Gasteiger partial charge is 0.0960 e. The van der Waals surface area contributed by atoms with Crippen molar-refractivity contribution in [1.29, 1.82) is 0 Å². The van der Waals surface area contributed by atoms with Gasteiger partial charge in [-0.1, -0.05) is 51.3 Å². The molecule has 0 amide bonds. The predicted molar refractivity (Wildman–Crippen MR) is 76.3 cm³/mol. The van der Waals surface area contributed by atoms with Crippen molar-refractivity contribution in [3.8, 4) is 0 Å². The van der Waals surface area contributed by atoms with E-state index >= 15 is 0 Å². The van der Waals surface area contributed by atoms with E-state index in [2.05, 4.69) is 22.0 Å². The normalized spacial score (nSPS) is 12.8. The SMILES string of the molecule is Cc1cc(C(Br)c2ccc(Cl)cc2)sc1Cl. The largest absolute Gasteiger partial charge is 0.127 e. The number of hydrogen-bond donors (Lipinski definition) is 0. The summed E-state index contributed by atoms with van der Waals surface area (Å²) in [6, 6.07) is 9.94. The van der Waals surface area contributed by atoms with Crippen LogP contribution in [0.4, 0.5) is 0 Å². The minimum absolute atomic E-state index is 0.181. The maximum Gasteiger partial charge on any atom is 0.0960 e. The lowest BCUT2D eigenvalue weighted by atomic mass is 10.1. The van der Waals surface area contributed by atoms with Gasteiger partial charge in [0.15, 0.2) is 0 Å². The Morgan fingerprint density at radius 1 is 1.19 bits per heavy atom. The number of thiophene rings is 1. The molecule has 4 heteroatoms. The first-order chi connectivity index (χ1) is 7.58. The Kier molecular flexibility index (Phi) is 3.96. The highest BCUT2D eigenvalue weighted by atomic mass is 79.9. The van der Waals surface area contributed by atoms with E-state index < -0.39 is 0 Å². The molecule has 0 aliphatic carbocycles. The summed E-state index contributed by atoms with van der Waals surface area (Å²) >= 11 is 17.2. The van der Waals surface area contributed by atoms with Crippen LogP contribution in [-0.4, -0.2) is 0 Å².